The molecule has 6 heteroatoms. The van der Waals surface area contributed by atoms with Crippen LogP contribution in [0, 0.1) is 0 Å². The summed E-state index contributed by atoms with van der Waals surface area (Å²) < 4.78 is 5.49. The number of pyridine rings is 1. The Bertz CT molecular complexity index is 820. The first-order chi connectivity index (χ1) is 10.8. The molecule has 1 amide bonds. The molecule has 0 unspecified atom stereocenters. The number of nitrogens with one attached hydrogen (secondary N) is 1. The van der Waals surface area contributed by atoms with Crippen molar-refractivity contribution >= 4 is 22.8 Å². The maximum atomic E-state index is 12.4. The lowest BCUT2D eigenvalue weighted by Crippen LogP contribution is -2.13. The van der Waals surface area contributed by atoms with E-state index in [1.807, 2.05) is 25.1 Å². The molecule has 22 heavy (non-hydrogen) atoms. The van der Waals surface area contributed by atoms with Gasteiger partial charge in [-0.2, -0.15) is 0 Å². The molecule has 2 heterocycles. The molecule has 0 bridgehead atoms. The van der Waals surface area contributed by atoms with Crippen molar-refractivity contribution in [3.8, 4) is 5.75 Å². The van der Waals surface area contributed by atoms with Crippen LogP contribution in [0.1, 0.15) is 17.3 Å². The zero-order valence-electron chi connectivity index (χ0n) is 12.0. The quantitative estimate of drug-likeness (QED) is 0.800. The molecule has 0 aliphatic heterocycles. The SMILES string of the molecule is CCOc1ccccc1NC(=O)c1cnc2nccnc2c1. The zero-order chi connectivity index (χ0) is 15.4. The Labute approximate surface area is 127 Å². The zero-order valence-corrected chi connectivity index (χ0v) is 12.0. The summed E-state index contributed by atoms with van der Waals surface area (Å²) in [7, 11) is 0. The van der Waals surface area contributed by atoms with E-state index in [-0.39, 0.29) is 5.91 Å². The molecule has 0 atom stereocenters. The molecular weight excluding hydrogens is 280 g/mol. The maximum Gasteiger partial charge on any atom is 0.257 e. The Balaban J connectivity index is 1.87. The Morgan fingerprint density at radius 1 is 1.18 bits per heavy atom. The number of rotatable bonds is 4. The number of anilines is 1. The van der Waals surface area contributed by atoms with Crippen LogP contribution < -0.4 is 10.1 Å². The van der Waals surface area contributed by atoms with Crippen LogP contribution in [0.4, 0.5) is 5.69 Å². The van der Waals surface area contributed by atoms with Gasteiger partial charge in [0.2, 0.25) is 0 Å². The van der Waals surface area contributed by atoms with Gasteiger partial charge >= 0.3 is 0 Å². The number of aromatic nitrogens is 3. The standard InChI is InChI=1S/C16H14N4O2/c1-2-22-14-6-4-3-5-12(14)20-16(21)11-9-13-15(19-10-11)18-8-7-17-13/h3-10H,2H2,1H3,(H,20,21). The maximum absolute atomic E-state index is 12.4. The van der Waals surface area contributed by atoms with Gasteiger partial charge in [-0.3, -0.25) is 9.78 Å². The van der Waals surface area contributed by atoms with Crippen LogP contribution in [0.15, 0.2) is 48.9 Å². The van der Waals surface area contributed by atoms with E-state index in [9.17, 15) is 4.79 Å². The second-order valence-electron chi connectivity index (χ2n) is 4.51. The number of benzene rings is 1. The van der Waals surface area contributed by atoms with Crippen LogP contribution >= 0.6 is 0 Å². The summed E-state index contributed by atoms with van der Waals surface area (Å²) in [5.41, 5.74) is 2.12. The van der Waals surface area contributed by atoms with Gasteiger partial charge in [0.15, 0.2) is 5.65 Å². The van der Waals surface area contributed by atoms with Gasteiger partial charge in [-0.15, -0.1) is 0 Å². The number of carbonyl (C=O) groups excluding carboxylic acids is 1. The molecule has 1 N–H and O–H groups in total. The third-order valence-corrected chi connectivity index (χ3v) is 3.02. The van der Waals surface area contributed by atoms with E-state index >= 15 is 0 Å². The van der Waals surface area contributed by atoms with Gasteiger partial charge in [0, 0.05) is 18.6 Å². The normalized spacial score (nSPS) is 10.4. The Morgan fingerprint density at radius 2 is 2.00 bits per heavy atom. The predicted molar refractivity (Wildman–Crippen MR) is 82.9 cm³/mol. The predicted octanol–water partition coefficient (Wildman–Crippen LogP) is 2.68. The molecule has 0 saturated carbocycles. The number of hydrogen-bond donors (Lipinski definition) is 1. The number of nitrogens with zero attached hydrogens (tertiary/aromatic N) is 3. The van der Waals surface area contributed by atoms with Crippen LogP contribution in [0.3, 0.4) is 0 Å². The molecule has 110 valence electrons. The number of carbonyl (C=O) groups is 1. The van der Waals surface area contributed by atoms with Crippen LogP contribution in [0.5, 0.6) is 5.75 Å². The molecule has 3 rings (SSSR count). The number of para-hydroxylation sites is 2. The first-order valence-electron chi connectivity index (χ1n) is 6.88. The molecular formula is C16H14N4O2. The number of hydrogen-bond acceptors (Lipinski definition) is 5. The molecule has 0 aliphatic carbocycles. The van der Waals surface area contributed by atoms with E-state index in [0.29, 0.717) is 34.8 Å². The lowest BCUT2D eigenvalue weighted by Gasteiger charge is -2.11. The van der Waals surface area contributed by atoms with E-state index < -0.39 is 0 Å². The average molecular weight is 294 g/mol. The highest BCUT2D eigenvalue weighted by molar-refractivity contribution is 6.06. The first-order valence-corrected chi connectivity index (χ1v) is 6.88. The van der Waals surface area contributed by atoms with Crippen molar-refractivity contribution < 1.29 is 9.53 Å². The van der Waals surface area contributed by atoms with Crippen LogP contribution in [-0.2, 0) is 0 Å². The van der Waals surface area contributed by atoms with Gasteiger partial charge < -0.3 is 10.1 Å². The van der Waals surface area contributed by atoms with Crippen molar-refractivity contribution in [1.29, 1.82) is 0 Å². The fourth-order valence-corrected chi connectivity index (χ4v) is 2.03. The van der Waals surface area contributed by atoms with Crippen LogP contribution in [0.25, 0.3) is 11.2 Å². The molecule has 1 aromatic carbocycles. The summed E-state index contributed by atoms with van der Waals surface area (Å²) in [6.45, 7) is 2.42. The molecule has 3 aromatic rings. The topological polar surface area (TPSA) is 77.0 Å². The van der Waals surface area contributed by atoms with Crippen molar-refractivity contribution in [3.05, 3.63) is 54.5 Å². The molecule has 0 aliphatic rings. The monoisotopic (exact) mass is 294 g/mol. The Morgan fingerprint density at radius 3 is 2.86 bits per heavy atom. The second kappa shape index (κ2) is 6.17. The summed E-state index contributed by atoms with van der Waals surface area (Å²) in [6, 6.07) is 8.95. The minimum atomic E-state index is -0.271. The Kier molecular flexibility index (Phi) is 3.91. The highest BCUT2D eigenvalue weighted by atomic mass is 16.5. The van der Waals surface area contributed by atoms with E-state index in [2.05, 4.69) is 20.3 Å². The van der Waals surface area contributed by atoms with Crippen molar-refractivity contribution in [1.82, 2.24) is 15.0 Å². The summed E-state index contributed by atoms with van der Waals surface area (Å²) in [5.74, 6) is 0.360. The molecule has 2 aromatic heterocycles. The second-order valence-corrected chi connectivity index (χ2v) is 4.51. The van der Waals surface area contributed by atoms with E-state index in [1.165, 1.54) is 6.20 Å². The Hall–Kier alpha value is -3.02. The van der Waals surface area contributed by atoms with Gasteiger partial charge in [0.05, 0.1) is 17.9 Å². The fraction of sp³-hybridized carbons (Fsp3) is 0.125. The van der Waals surface area contributed by atoms with Crippen LogP contribution in [0.2, 0.25) is 0 Å². The minimum Gasteiger partial charge on any atom is -0.492 e. The fourth-order valence-electron chi connectivity index (χ4n) is 2.03. The smallest absolute Gasteiger partial charge is 0.257 e. The van der Waals surface area contributed by atoms with E-state index in [4.69, 9.17) is 4.74 Å². The van der Waals surface area contributed by atoms with E-state index in [0.717, 1.165) is 0 Å². The number of fused-ring (bicyclic) bond motifs is 1. The first kappa shape index (κ1) is 13.9. The highest BCUT2D eigenvalue weighted by Crippen LogP contribution is 2.24. The lowest BCUT2D eigenvalue weighted by molar-refractivity contribution is 0.102. The van der Waals surface area contributed by atoms with Gasteiger partial charge in [-0.25, -0.2) is 9.97 Å². The number of amides is 1. The van der Waals surface area contributed by atoms with E-state index in [1.54, 1.807) is 24.5 Å². The molecule has 6 nitrogen and oxygen atoms in total. The third kappa shape index (κ3) is 2.85. The van der Waals surface area contributed by atoms with Crippen molar-refractivity contribution in [2.75, 3.05) is 11.9 Å². The molecule has 0 spiro atoms. The van der Waals surface area contributed by atoms with Crippen molar-refractivity contribution in [2.45, 2.75) is 6.92 Å². The summed E-state index contributed by atoms with van der Waals surface area (Å²) >= 11 is 0. The average Bonchev–Trinajstić information content (AvgIpc) is 2.56. The van der Waals surface area contributed by atoms with Gasteiger partial charge in [0.25, 0.3) is 5.91 Å². The van der Waals surface area contributed by atoms with Gasteiger partial charge in [0.1, 0.15) is 11.3 Å². The highest BCUT2D eigenvalue weighted by Gasteiger charge is 2.11. The summed E-state index contributed by atoms with van der Waals surface area (Å²) in [4.78, 5) is 24.7. The molecule has 0 radical (unpaired) electrons. The van der Waals surface area contributed by atoms with Crippen molar-refractivity contribution in [3.63, 3.8) is 0 Å². The largest absolute Gasteiger partial charge is 0.492 e. The lowest BCUT2D eigenvalue weighted by atomic mass is 10.2. The summed E-state index contributed by atoms with van der Waals surface area (Å²) in [5, 5.41) is 2.82. The van der Waals surface area contributed by atoms with Crippen LogP contribution in [-0.4, -0.2) is 27.5 Å². The summed E-state index contributed by atoms with van der Waals surface area (Å²) in [6.07, 6.45) is 4.61. The minimum absolute atomic E-state index is 0.271. The molecule has 0 fully saturated rings. The third-order valence-electron chi connectivity index (χ3n) is 3.02. The number of ether oxygens (including phenoxy) is 1. The van der Waals surface area contributed by atoms with Gasteiger partial charge in [-0.05, 0) is 25.1 Å². The van der Waals surface area contributed by atoms with Gasteiger partial charge in [-0.1, -0.05) is 12.1 Å². The van der Waals surface area contributed by atoms with Crippen molar-refractivity contribution in [2.24, 2.45) is 0 Å². The molecule has 0 saturated heterocycles.